The second kappa shape index (κ2) is 11.4. The van der Waals surface area contributed by atoms with Crippen molar-refractivity contribution < 1.29 is 9.72 Å². The number of nitro benzene ring substituents is 1. The van der Waals surface area contributed by atoms with Crippen molar-refractivity contribution in [1.82, 2.24) is 20.2 Å². The number of rotatable bonds is 8. The molecule has 38 heavy (non-hydrogen) atoms. The Labute approximate surface area is 225 Å². The maximum Gasteiger partial charge on any atom is 0.270 e. The highest BCUT2D eigenvalue weighted by Crippen LogP contribution is 2.30. The number of thioether (sulfide) groups is 1. The molecule has 0 aliphatic heterocycles. The van der Waals surface area contributed by atoms with E-state index in [1.165, 1.54) is 35.7 Å². The van der Waals surface area contributed by atoms with Gasteiger partial charge in [-0.3, -0.25) is 19.5 Å². The molecule has 9 nitrogen and oxygen atoms in total. The van der Waals surface area contributed by atoms with Gasteiger partial charge in [0.1, 0.15) is 0 Å². The molecule has 0 atom stereocenters. The van der Waals surface area contributed by atoms with E-state index in [0.29, 0.717) is 16.5 Å². The molecule has 0 unspecified atom stereocenters. The van der Waals surface area contributed by atoms with Gasteiger partial charge in [0, 0.05) is 28.9 Å². The number of aryl methyl sites for hydroxylation is 1. The van der Waals surface area contributed by atoms with Crippen LogP contribution < -0.4 is 5.43 Å². The second-order valence-corrected chi connectivity index (χ2v) is 10.7. The van der Waals surface area contributed by atoms with E-state index in [2.05, 4.69) is 53.6 Å². The molecular formula is C28H28N6O3S. The van der Waals surface area contributed by atoms with E-state index in [9.17, 15) is 14.9 Å². The second-order valence-electron chi connectivity index (χ2n) is 9.74. The van der Waals surface area contributed by atoms with Crippen molar-refractivity contribution in [2.24, 2.45) is 5.10 Å². The lowest BCUT2D eigenvalue weighted by Gasteiger charge is -2.19. The van der Waals surface area contributed by atoms with Crippen LogP contribution in [0.5, 0.6) is 0 Å². The summed E-state index contributed by atoms with van der Waals surface area (Å²) < 4.78 is 1.94. The Morgan fingerprint density at radius 1 is 1.08 bits per heavy atom. The third-order valence-electron chi connectivity index (χ3n) is 5.75. The van der Waals surface area contributed by atoms with Gasteiger partial charge in [-0.2, -0.15) is 5.10 Å². The minimum Gasteiger partial charge on any atom is -0.272 e. The standard InChI is InChI=1S/C28H28N6O3S/c1-19-8-14-23(15-9-19)33-26(21-10-12-22(13-11-21)28(2,3)4)31-32-27(33)38-18-25(35)30-29-17-20-6-5-7-24(16-20)34(36)37/h5-17H,18H2,1-4H3,(H,30,35). The number of nitrogens with one attached hydrogen (secondary N) is 1. The molecule has 194 valence electrons. The van der Waals surface area contributed by atoms with E-state index in [0.717, 1.165) is 16.8 Å². The first-order valence-corrected chi connectivity index (χ1v) is 12.9. The fourth-order valence-electron chi connectivity index (χ4n) is 3.66. The number of carbonyl (C=O) groups is 1. The fourth-order valence-corrected chi connectivity index (χ4v) is 4.40. The molecule has 0 saturated heterocycles. The quantitative estimate of drug-likeness (QED) is 0.136. The van der Waals surface area contributed by atoms with Gasteiger partial charge < -0.3 is 0 Å². The molecule has 3 aromatic carbocycles. The molecule has 0 fully saturated rings. The number of hydrazone groups is 1. The van der Waals surface area contributed by atoms with Crippen LogP contribution in [0.2, 0.25) is 0 Å². The zero-order chi connectivity index (χ0) is 27.3. The first-order chi connectivity index (χ1) is 18.1. The largest absolute Gasteiger partial charge is 0.272 e. The van der Waals surface area contributed by atoms with E-state index >= 15 is 0 Å². The van der Waals surface area contributed by atoms with Crippen LogP contribution in [0.15, 0.2) is 83.1 Å². The lowest BCUT2D eigenvalue weighted by atomic mass is 9.87. The SMILES string of the molecule is Cc1ccc(-n2c(SCC(=O)NN=Cc3cccc([N+](=O)[O-])c3)nnc2-c2ccc(C(C)(C)C)cc2)cc1. The van der Waals surface area contributed by atoms with Gasteiger partial charge in [-0.05, 0) is 30.0 Å². The number of hydrogen-bond acceptors (Lipinski definition) is 7. The topological polar surface area (TPSA) is 115 Å². The summed E-state index contributed by atoms with van der Waals surface area (Å²) in [6.45, 7) is 8.54. The highest BCUT2D eigenvalue weighted by molar-refractivity contribution is 7.99. The molecule has 0 aliphatic rings. The third kappa shape index (κ3) is 6.51. The zero-order valence-corrected chi connectivity index (χ0v) is 22.4. The Hall–Kier alpha value is -4.31. The summed E-state index contributed by atoms with van der Waals surface area (Å²) in [6, 6.07) is 22.3. The molecule has 1 amide bonds. The highest BCUT2D eigenvalue weighted by Gasteiger charge is 2.19. The third-order valence-corrected chi connectivity index (χ3v) is 6.68. The van der Waals surface area contributed by atoms with Crippen molar-refractivity contribution in [1.29, 1.82) is 0 Å². The first kappa shape index (κ1) is 26.7. The summed E-state index contributed by atoms with van der Waals surface area (Å²) in [5.41, 5.74) is 7.12. The van der Waals surface area contributed by atoms with E-state index in [1.54, 1.807) is 12.1 Å². The summed E-state index contributed by atoms with van der Waals surface area (Å²) >= 11 is 1.24. The number of carbonyl (C=O) groups excluding carboxylic acids is 1. The predicted molar refractivity (Wildman–Crippen MR) is 150 cm³/mol. The summed E-state index contributed by atoms with van der Waals surface area (Å²) in [4.78, 5) is 22.9. The van der Waals surface area contributed by atoms with Crippen LogP contribution in [0.3, 0.4) is 0 Å². The van der Waals surface area contributed by atoms with Crippen molar-refractivity contribution in [2.45, 2.75) is 38.3 Å². The molecule has 1 aromatic heterocycles. The monoisotopic (exact) mass is 528 g/mol. The molecule has 0 bridgehead atoms. The Balaban J connectivity index is 1.52. The summed E-state index contributed by atoms with van der Waals surface area (Å²) in [5.74, 6) is 0.395. The fraction of sp³-hybridized carbons (Fsp3) is 0.214. The Morgan fingerprint density at radius 2 is 1.79 bits per heavy atom. The number of benzene rings is 3. The lowest BCUT2D eigenvalue weighted by Crippen LogP contribution is -2.20. The van der Waals surface area contributed by atoms with Crippen molar-refractivity contribution in [3.63, 3.8) is 0 Å². The molecule has 0 radical (unpaired) electrons. The van der Waals surface area contributed by atoms with Crippen LogP contribution in [0.4, 0.5) is 5.69 Å². The maximum atomic E-state index is 12.5. The summed E-state index contributed by atoms with van der Waals surface area (Å²) in [7, 11) is 0. The van der Waals surface area contributed by atoms with Crippen LogP contribution >= 0.6 is 11.8 Å². The molecule has 4 rings (SSSR count). The predicted octanol–water partition coefficient (Wildman–Crippen LogP) is 5.69. The van der Waals surface area contributed by atoms with E-state index in [4.69, 9.17) is 0 Å². The number of nitrogens with zero attached hydrogens (tertiary/aromatic N) is 5. The van der Waals surface area contributed by atoms with E-state index in [-0.39, 0.29) is 22.8 Å². The van der Waals surface area contributed by atoms with Gasteiger partial charge in [0.2, 0.25) is 0 Å². The van der Waals surface area contributed by atoms with Crippen molar-refractivity contribution in [2.75, 3.05) is 5.75 Å². The average Bonchev–Trinajstić information content (AvgIpc) is 3.31. The van der Waals surface area contributed by atoms with Gasteiger partial charge >= 0.3 is 0 Å². The number of amides is 1. The normalized spacial score (nSPS) is 11.6. The van der Waals surface area contributed by atoms with Crippen molar-refractivity contribution in [3.8, 4) is 17.1 Å². The summed E-state index contributed by atoms with van der Waals surface area (Å²) in [5, 5.41) is 24.3. The maximum absolute atomic E-state index is 12.5. The zero-order valence-electron chi connectivity index (χ0n) is 21.6. The van der Waals surface area contributed by atoms with Gasteiger partial charge in [-0.25, -0.2) is 5.43 Å². The molecule has 0 spiro atoms. The van der Waals surface area contributed by atoms with Crippen LogP contribution in [0.1, 0.15) is 37.5 Å². The molecular weight excluding hydrogens is 500 g/mol. The van der Waals surface area contributed by atoms with Crippen molar-refractivity contribution >= 4 is 29.6 Å². The van der Waals surface area contributed by atoms with E-state index < -0.39 is 4.92 Å². The number of nitro groups is 1. The van der Waals surface area contributed by atoms with E-state index in [1.807, 2.05) is 47.9 Å². The Kier molecular flexibility index (Phi) is 8.02. The smallest absolute Gasteiger partial charge is 0.270 e. The van der Waals surface area contributed by atoms with Crippen LogP contribution in [0.25, 0.3) is 17.1 Å². The molecule has 1 N–H and O–H groups in total. The Morgan fingerprint density at radius 3 is 2.45 bits per heavy atom. The van der Waals surface area contributed by atoms with Gasteiger partial charge in [0.25, 0.3) is 11.6 Å². The van der Waals surface area contributed by atoms with Crippen LogP contribution in [-0.4, -0.2) is 37.6 Å². The summed E-state index contributed by atoms with van der Waals surface area (Å²) in [6.07, 6.45) is 1.36. The molecule has 0 aliphatic carbocycles. The van der Waals surface area contributed by atoms with Gasteiger partial charge in [0.15, 0.2) is 11.0 Å². The van der Waals surface area contributed by atoms with Gasteiger partial charge in [-0.1, -0.05) is 86.6 Å². The minimum absolute atomic E-state index is 0.0369. The lowest BCUT2D eigenvalue weighted by molar-refractivity contribution is -0.384. The van der Waals surface area contributed by atoms with Gasteiger partial charge in [0.05, 0.1) is 16.9 Å². The molecule has 10 heteroatoms. The first-order valence-electron chi connectivity index (χ1n) is 11.9. The van der Waals surface area contributed by atoms with Crippen LogP contribution in [0, 0.1) is 17.0 Å². The van der Waals surface area contributed by atoms with Crippen molar-refractivity contribution in [3.05, 3.63) is 99.6 Å². The van der Waals surface area contributed by atoms with Crippen LogP contribution in [-0.2, 0) is 10.2 Å². The minimum atomic E-state index is -0.482. The Bertz CT molecular complexity index is 1470. The number of non-ortho nitro benzene ring substituents is 1. The molecule has 1 heterocycles. The average molecular weight is 529 g/mol. The number of aromatic nitrogens is 3. The molecule has 0 saturated carbocycles. The number of hydrogen-bond donors (Lipinski definition) is 1. The highest BCUT2D eigenvalue weighted by atomic mass is 32.2. The molecule has 4 aromatic rings. The van der Waals surface area contributed by atoms with Gasteiger partial charge in [-0.15, -0.1) is 10.2 Å².